The van der Waals surface area contributed by atoms with E-state index in [0.717, 1.165) is 6.42 Å². The van der Waals surface area contributed by atoms with E-state index in [9.17, 15) is 4.79 Å². The lowest BCUT2D eigenvalue weighted by Crippen LogP contribution is -1.74. The van der Waals surface area contributed by atoms with E-state index in [2.05, 4.69) is 9.99 Å². The molecule has 3 nitrogen and oxygen atoms in total. The van der Waals surface area contributed by atoms with Crippen LogP contribution in [0.25, 0.3) is 0 Å². The highest BCUT2D eigenvalue weighted by Crippen LogP contribution is 1.68. The number of nitrogens with zero attached hydrogens (tertiary/aromatic N) is 1. The van der Waals surface area contributed by atoms with Gasteiger partial charge in [-0.05, 0) is 6.42 Å². The summed E-state index contributed by atoms with van der Waals surface area (Å²) in [7, 11) is 0. The molecule has 0 aromatic rings. The molecule has 0 aromatic carbocycles. The maximum atomic E-state index is 9.34. The summed E-state index contributed by atoms with van der Waals surface area (Å²) in [5, 5.41) is 3.22. The van der Waals surface area contributed by atoms with E-state index in [-0.39, 0.29) is 6.47 Å². The third-order valence-electron chi connectivity index (χ3n) is 0.361. The highest BCUT2D eigenvalue weighted by molar-refractivity contribution is 5.56. The highest BCUT2D eigenvalue weighted by Gasteiger charge is 1.65. The van der Waals surface area contributed by atoms with Gasteiger partial charge in [-0.15, -0.1) is 0 Å². The Morgan fingerprint density at radius 3 is 3.00 bits per heavy atom. The van der Waals surface area contributed by atoms with Gasteiger partial charge < -0.3 is 4.84 Å². The third kappa shape index (κ3) is 5.14. The molecule has 0 atom stereocenters. The maximum absolute atomic E-state index is 9.34. The average Bonchev–Trinajstić information content (AvgIpc) is 1.69. The van der Waals surface area contributed by atoms with Crippen LogP contribution in [0.15, 0.2) is 5.16 Å². The van der Waals surface area contributed by atoms with Crippen LogP contribution in [0.3, 0.4) is 0 Å². The Labute approximate surface area is 42.0 Å². The van der Waals surface area contributed by atoms with Crippen molar-refractivity contribution in [1.82, 2.24) is 0 Å². The van der Waals surface area contributed by atoms with Gasteiger partial charge in [-0.2, -0.15) is 0 Å². The van der Waals surface area contributed by atoms with Gasteiger partial charge in [-0.3, -0.25) is 4.79 Å². The monoisotopic (exact) mass is 101 g/mol. The molecular weight excluding hydrogens is 94.0 g/mol. The van der Waals surface area contributed by atoms with Crippen molar-refractivity contribution in [2.24, 2.45) is 5.16 Å². The first-order chi connectivity index (χ1) is 3.41. The van der Waals surface area contributed by atoms with Crippen LogP contribution in [0.1, 0.15) is 13.3 Å². The van der Waals surface area contributed by atoms with Crippen LogP contribution in [-0.4, -0.2) is 12.7 Å². The Bertz CT molecular complexity index is 70.1. The summed E-state index contributed by atoms with van der Waals surface area (Å²) in [6.45, 7) is 2.18. The van der Waals surface area contributed by atoms with Gasteiger partial charge in [-0.25, -0.2) is 0 Å². The standard InChI is InChI=1S/C4H7NO2/c1-2-3-5-7-4-6/h3-4H,2H2,1H3. The zero-order valence-electron chi connectivity index (χ0n) is 4.13. The van der Waals surface area contributed by atoms with Crippen molar-refractivity contribution in [3.8, 4) is 0 Å². The van der Waals surface area contributed by atoms with Gasteiger partial charge in [0, 0.05) is 6.21 Å². The molecular formula is C4H7NO2. The second-order valence-electron chi connectivity index (χ2n) is 0.898. The Morgan fingerprint density at radius 2 is 2.57 bits per heavy atom. The quantitative estimate of drug-likeness (QED) is 0.225. The van der Waals surface area contributed by atoms with Crippen molar-refractivity contribution in [2.45, 2.75) is 13.3 Å². The van der Waals surface area contributed by atoms with Crippen LogP contribution in [0, 0.1) is 0 Å². The molecule has 0 amide bonds. The Balaban J connectivity index is 2.92. The molecule has 0 radical (unpaired) electrons. The lowest BCUT2D eigenvalue weighted by molar-refractivity contribution is -0.128. The number of oxime groups is 1. The molecule has 0 rings (SSSR count). The van der Waals surface area contributed by atoms with E-state index in [4.69, 9.17) is 0 Å². The lowest BCUT2D eigenvalue weighted by Gasteiger charge is -1.76. The van der Waals surface area contributed by atoms with Gasteiger partial charge in [0.2, 0.25) is 0 Å². The van der Waals surface area contributed by atoms with Crippen LogP contribution >= 0.6 is 0 Å². The first-order valence-electron chi connectivity index (χ1n) is 2.03. The predicted molar refractivity (Wildman–Crippen MR) is 25.9 cm³/mol. The number of rotatable bonds is 3. The molecule has 0 aromatic heterocycles. The summed E-state index contributed by atoms with van der Waals surface area (Å²) >= 11 is 0. The average molecular weight is 101 g/mol. The predicted octanol–water partition coefficient (Wildman–Crippen LogP) is 0.555. The fourth-order valence-electron chi connectivity index (χ4n) is 0.142. The largest absolute Gasteiger partial charge is 0.323 e. The van der Waals surface area contributed by atoms with Crippen molar-refractivity contribution in [1.29, 1.82) is 0 Å². The molecule has 0 unspecified atom stereocenters. The second kappa shape index (κ2) is 5.14. The third-order valence-corrected chi connectivity index (χ3v) is 0.361. The molecule has 7 heavy (non-hydrogen) atoms. The molecule has 0 saturated carbocycles. The van der Waals surface area contributed by atoms with Crippen LogP contribution in [0.4, 0.5) is 0 Å². The van der Waals surface area contributed by atoms with Gasteiger partial charge >= 0.3 is 6.47 Å². The summed E-state index contributed by atoms with van der Waals surface area (Å²) in [5.74, 6) is 0. The number of hydrogen-bond donors (Lipinski definition) is 0. The van der Waals surface area contributed by atoms with Crippen molar-refractivity contribution in [2.75, 3.05) is 0 Å². The molecule has 3 heteroatoms. The number of hydrogen-bond acceptors (Lipinski definition) is 3. The summed E-state index contributed by atoms with van der Waals surface area (Å²) in [6, 6.07) is 0. The number of carbonyl (C=O) groups excluding carboxylic acids is 1. The van der Waals surface area contributed by atoms with E-state index in [1.165, 1.54) is 6.21 Å². The summed E-state index contributed by atoms with van der Waals surface area (Å²) in [5.41, 5.74) is 0. The minimum atomic E-state index is 0.284. The smallest absolute Gasteiger partial charge is 0.322 e. The highest BCUT2D eigenvalue weighted by atomic mass is 16.7. The fourth-order valence-corrected chi connectivity index (χ4v) is 0.142. The molecule has 0 N–H and O–H groups in total. The summed E-state index contributed by atoms with van der Waals surface area (Å²) < 4.78 is 0. The van der Waals surface area contributed by atoms with E-state index < -0.39 is 0 Å². The van der Waals surface area contributed by atoms with E-state index in [0.29, 0.717) is 0 Å². The molecule has 40 valence electrons. The first kappa shape index (κ1) is 6.14. The Hall–Kier alpha value is -0.860. The topological polar surface area (TPSA) is 38.7 Å². The summed E-state index contributed by atoms with van der Waals surface area (Å²) in [4.78, 5) is 13.3. The Kier molecular flexibility index (Phi) is 4.51. The van der Waals surface area contributed by atoms with Crippen LogP contribution in [0.5, 0.6) is 0 Å². The molecule has 0 aliphatic carbocycles. The normalized spacial score (nSPS) is 9.29. The van der Waals surface area contributed by atoms with Crippen LogP contribution in [0.2, 0.25) is 0 Å². The maximum Gasteiger partial charge on any atom is 0.323 e. The SMILES string of the molecule is CCC=NOC=O. The van der Waals surface area contributed by atoms with Gasteiger partial charge in [0.05, 0.1) is 0 Å². The molecule has 0 heterocycles. The zero-order valence-corrected chi connectivity index (χ0v) is 4.13. The van der Waals surface area contributed by atoms with E-state index in [1.807, 2.05) is 6.92 Å². The number of carbonyl (C=O) groups is 1. The van der Waals surface area contributed by atoms with Gasteiger partial charge in [-0.1, -0.05) is 12.1 Å². The van der Waals surface area contributed by atoms with Crippen LogP contribution in [-0.2, 0) is 9.63 Å². The Morgan fingerprint density at radius 1 is 1.86 bits per heavy atom. The fraction of sp³-hybridized carbons (Fsp3) is 0.500. The van der Waals surface area contributed by atoms with Gasteiger partial charge in [0.1, 0.15) is 0 Å². The van der Waals surface area contributed by atoms with Crippen molar-refractivity contribution < 1.29 is 9.63 Å². The van der Waals surface area contributed by atoms with Crippen molar-refractivity contribution >= 4 is 12.7 Å². The molecule has 0 saturated heterocycles. The molecule has 0 aliphatic rings. The summed E-state index contributed by atoms with van der Waals surface area (Å²) in [6.07, 6.45) is 2.29. The van der Waals surface area contributed by atoms with Gasteiger partial charge in [0.15, 0.2) is 0 Å². The van der Waals surface area contributed by atoms with Gasteiger partial charge in [0.25, 0.3) is 0 Å². The first-order valence-corrected chi connectivity index (χ1v) is 2.03. The molecule has 0 aliphatic heterocycles. The minimum absolute atomic E-state index is 0.284. The zero-order chi connectivity index (χ0) is 5.54. The molecule has 0 bridgehead atoms. The van der Waals surface area contributed by atoms with E-state index in [1.54, 1.807) is 0 Å². The molecule has 0 fully saturated rings. The van der Waals surface area contributed by atoms with E-state index >= 15 is 0 Å². The van der Waals surface area contributed by atoms with Crippen LogP contribution < -0.4 is 0 Å². The minimum Gasteiger partial charge on any atom is -0.322 e. The second-order valence-corrected chi connectivity index (χ2v) is 0.898. The van der Waals surface area contributed by atoms with Crippen molar-refractivity contribution in [3.05, 3.63) is 0 Å². The lowest BCUT2D eigenvalue weighted by atomic mass is 10.6. The molecule has 0 spiro atoms. The van der Waals surface area contributed by atoms with Crippen molar-refractivity contribution in [3.63, 3.8) is 0 Å².